The smallest absolute Gasteiger partial charge is 0.321 e. The highest BCUT2D eigenvalue weighted by molar-refractivity contribution is 5.74. The highest BCUT2D eigenvalue weighted by Crippen LogP contribution is 2.25. The molecule has 4 heteroatoms. The van der Waals surface area contributed by atoms with Crippen molar-refractivity contribution in [2.24, 2.45) is 5.92 Å². The molecule has 4 nitrogen and oxygen atoms in total. The molecule has 0 amide bonds. The van der Waals surface area contributed by atoms with Crippen LogP contribution in [0.2, 0.25) is 0 Å². The molecular weight excluding hydrogens is 228 g/mol. The van der Waals surface area contributed by atoms with Gasteiger partial charge in [0, 0.05) is 24.7 Å². The maximum absolute atomic E-state index is 11.2. The third-order valence-electron chi connectivity index (χ3n) is 3.51. The number of carboxylic acid groups (broad SMARTS) is 1. The minimum absolute atomic E-state index is 0.183. The van der Waals surface area contributed by atoms with E-state index in [1.54, 1.807) is 0 Å². The summed E-state index contributed by atoms with van der Waals surface area (Å²) < 4.78 is 0. The monoisotopic (exact) mass is 248 g/mol. The highest BCUT2D eigenvalue weighted by Gasteiger charge is 2.33. The van der Waals surface area contributed by atoms with Crippen molar-refractivity contribution in [2.75, 3.05) is 24.5 Å². The summed E-state index contributed by atoms with van der Waals surface area (Å²) >= 11 is 0. The lowest BCUT2D eigenvalue weighted by atomic mass is 9.99. The van der Waals surface area contributed by atoms with Crippen LogP contribution in [0.25, 0.3) is 0 Å². The third kappa shape index (κ3) is 2.82. The zero-order valence-corrected chi connectivity index (χ0v) is 10.7. The molecule has 1 fully saturated rings. The maximum atomic E-state index is 11.2. The first-order valence-electron chi connectivity index (χ1n) is 6.48. The molecule has 1 aliphatic rings. The van der Waals surface area contributed by atoms with Crippen LogP contribution in [0, 0.1) is 5.92 Å². The fourth-order valence-electron chi connectivity index (χ4n) is 2.61. The second kappa shape index (κ2) is 5.87. The summed E-state index contributed by atoms with van der Waals surface area (Å²) in [6, 6.07) is 9.75. The average molecular weight is 248 g/mol. The number of carboxylic acids is 1. The molecule has 98 valence electrons. The van der Waals surface area contributed by atoms with Crippen LogP contribution in [-0.4, -0.2) is 36.8 Å². The van der Waals surface area contributed by atoms with Crippen molar-refractivity contribution in [3.8, 4) is 0 Å². The van der Waals surface area contributed by atoms with Gasteiger partial charge in [-0.25, -0.2) is 0 Å². The summed E-state index contributed by atoms with van der Waals surface area (Å²) in [5.74, 6) is -0.556. The molecular formula is C14H20N2O2. The SMILES string of the molecule is CCNC(C(=O)O)C1CCN(c2ccccc2)C1. The number of aliphatic carboxylic acids is 1. The minimum Gasteiger partial charge on any atom is -0.480 e. The number of hydrogen-bond acceptors (Lipinski definition) is 3. The van der Waals surface area contributed by atoms with E-state index in [0.29, 0.717) is 6.54 Å². The van der Waals surface area contributed by atoms with Gasteiger partial charge in [0.1, 0.15) is 6.04 Å². The number of nitrogens with one attached hydrogen (secondary N) is 1. The molecule has 0 aliphatic carbocycles. The molecule has 1 heterocycles. The minimum atomic E-state index is -0.739. The summed E-state index contributed by atoms with van der Waals surface area (Å²) in [5, 5.41) is 12.3. The molecule has 1 aliphatic heterocycles. The van der Waals surface area contributed by atoms with Crippen molar-refractivity contribution in [1.29, 1.82) is 0 Å². The Morgan fingerprint density at radius 2 is 2.22 bits per heavy atom. The maximum Gasteiger partial charge on any atom is 0.321 e. The van der Waals surface area contributed by atoms with Crippen LogP contribution >= 0.6 is 0 Å². The molecule has 2 N–H and O–H groups in total. The lowest BCUT2D eigenvalue weighted by Crippen LogP contribution is -2.43. The van der Waals surface area contributed by atoms with Gasteiger partial charge in [-0.05, 0) is 25.1 Å². The van der Waals surface area contributed by atoms with E-state index in [9.17, 15) is 9.90 Å². The van der Waals surface area contributed by atoms with Gasteiger partial charge in [0.05, 0.1) is 0 Å². The zero-order chi connectivity index (χ0) is 13.0. The van der Waals surface area contributed by atoms with Gasteiger partial charge in [-0.3, -0.25) is 4.79 Å². The lowest BCUT2D eigenvalue weighted by Gasteiger charge is -2.22. The fraction of sp³-hybridized carbons (Fsp3) is 0.500. The first-order chi connectivity index (χ1) is 8.72. The molecule has 1 saturated heterocycles. The molecule has 1 aromatic carbocycles. The normalized spacial score (nSPS) is 20.9. The number of hydrogen-bond donors (Lipinski definition) is 2. The van der Waals surface area contributed by atoms with Crippen LogP contribution < -0.4 is 10.2 Å². The van der Waals surface area contributed by atoms with Crippen molar-refractivity contribution in [3.05, 3.63) is 30.3 Å². The Labute approximate surface area is 108 Å². The molecule has 0 radical (unpaired) electrons. The molecule has 1 aromatic rings. The molecule has 0 saturated carbocycles. The molecule has 2 atom stereocenters. The molecule has 2 rings (SSSR count). The quantitative estimate of drug-likeness (QED) is 0.830. The Morgan fingerprint density at radius 3 is 2.83 bits per heavy atom. The Hall–Kier alpha value is -1.55. The van der Waals surface area contributed by atoms with E-state index in [0.717, 1.165) is 19.5 Å². The average Bonchev–Trinajstić information content (AvgIpc) is 2.86. The Balaban J connectivity index is 2.01. The van der Waals surface area contributed by atoms with Gasteiger partial charge in [0.2, 0.25) is 0 Å². The predicted molar refractivity (Wildman–Crippen MR) is 71.9 cm³/mol. The van der Waals surface area contributed by atoms with Gasteiger partial charge in [-0.1, -0.05) is 25.1 Å². The summed E-state index contributed by atoms with van der Waals surface area (Å²) in [7, 11) is 0. The summed E-state index contributed by atoms with van der Waals surface area (Å²) in [6.45, 7) is 4.39. The van der Waals surface area contributed by atoms with Crippen molar-refractivity contribution in [2.45, 2.75) is 19.4 Å². The van der Waals surface area contributed by atoms with E-state index in [2.05, 4.69) is 22.3 Å². The molecule has 0 spiro atoms. The van der Waals surface area contributed by atoms with Crippen molar-refractivity contribution < 1.29 is 9.90 Å². The van der Waals surface area contributed by atoms with Crippen LogP contribution in [0.4, 0.5) is 5.69 Å². The number of benzene rings is 1. The number of carbonyl (C=O) groups is 1. The summed E-state index contributed by atoms with van der Waals surface area (Å²) in [5.41, 5.74) is 1.18. The standard InChI is InChI=1S/C14H20N2O2/c1-2-15-13(14(17)18)11-8-9-16(10-11)12-6-4-3-5-7-12/h3-7,11,13,15H,2,8-10H2,1H3,(H,17,18). The predicted octanol–water partition coefficient (Wildman–Crippen LogP) is 1.58. The van der Waals surface area contributed by atoms with E-state index in [1.165, 1.54) is 5.69 Å². The summed E-state index contributed by atoms with van der Waals surface area (Å²) in [6.07, 6.45) is 0.929. The van der Waals surface area contributed by atoms with Gasteiger partial charge < -0.3 is 15.3 Å². The van der Waals surface area contributed by atoms with E-state index < -0.39 is 12.0 Å². The van der Waals surface area contributed by atoms with Gasteiger partial charge in [0.15, 0.2) is 0 Å². The number of rotatable bonds is 5. The summed E-state index contributed by atoms with van der Waals surface area (Å²) in [4.78, 5) is 13.5. The largest absolute Gasteiger partial charge is 0.480 e. The van der Waals surface area contributed by atoms with E-state index in [4.69, 9.17) is 0 Å². The lowest BCUT2D eigenvalue weighted by molar-refractivity contribution is -0.140. The first kappa shape index (κ1) is 12.9. The second-order valence-corrected chi connectivity index (χ2v) is 4.70. The van der Waals surface area contributed by atoms with Gasteiger partial charge in [-0.15, -0.1) is 0 Å². The van der Waals surface area contributed by atoms with Gasteiger partial charge in [-0.2, -0.15) is 0 Å². The Kier molecular flexibility index (Phi) is 4.20. The topological polar surface area (TPSA) is 52.6 Å². The first-order valence-corrected chi connectivity index (χ1v) is 6.48. The Bertz CT molecular complexity index is 394. The number of nitrogens with zero attached hydrogens (tertiary/aromatic N) is 1. The van der Waals surface area contributed by atoms with Crippen molar-refractivity contribution in [1.82, 2.24) is 5.32 Å². The molecule has 0 aromatic heterocycles. The second-order valence-electron chi connectivity index (χ2n) is 4.70. The van der Waals surface area contributed by atoms with Crippen LogP contribution in [0.15, 0.2) is 30.3 Å². The number of anilines is 1. The highest BCUT2D eigenvalue weighted by atomic mass is 16.4. The van der Waals surface area contributed by atoms with Crippen molar-refractivity contribution in [3.63, 3.8) is 0 Å². The fourth-order valence-corrected chi connectivity index (χ4v) is 2.61. The van der Waals surface area contributed by atoms with Crippen LogP contribution in [0.5, 0.6) is 0 Å². The van der Waals surface area contributed by atoms with E-state index in [1.807, 2.05) is 25.1 Å². The number of para-hydroxylation sites is 1. The van der Waals surface area contributed by atoms with Crippen molar-refractivity contribution >= 4 is 11.7 Å². The Morgan fingerprint density at radius 1 is 1.50 bits per heavy atom. The zero-order valence-electron chi connectivity index (χ0n) is 10.7. The van der Waals surface area contributed by atoms with Crippen LogP contribution in [-0.2, 0) is 4.79 Å². The molecule has 0 bridgehead atoms. The molecule has 2 unspecified atom stereocenters. The van der Waals surface area contributed by atoms with Crippen LogP contribution in [0.1, 0.15) is 13.3 Å². The van der Waals surface area contributed by atoms with Gasteiger partial charge >= 0.3 is 5.97 Å². The van der Waals surface area contributed by atoms with E-state index >= 15 is 0 Å². The number of likely N-dealkylation sites (N-methyl/N-ethyl adjacent to an activating group) is 1. The van der Waals surface area contributed by atoms with Gasteiger partial charge in [0.25, 0.3) is 0 Å². The van der Waals surface area contributed by atoms with Crippen LogP contribution in [0.3, 0.4) is 0 Å². The van der Waals surface area contributed by atoms with E-state index in [-0.39, 0.29) is 5.92 Å². The third-order valence-corrected chi connectivity index (χ3v) is 3.51. The molecule has 18 heavy (non-hydrogen) atoms.